The van der Waals surface area contributed by atoms with Gasteiger partial charge in [0, 0.05) is 13.1 Å². The highest BCUT2D eigenvalue weighted by atomic mass is 32.2. The summed E-state index contributed by atoms with van der Waals surface area (Å²) in [5.41, 5.74) is 0.0223. The van der Waals surface area contributed by atoms with Gasteiger partial charge < -0.3 is 4.74 Å². The second-order valence-corrected chi connectivity index (χ2v) is 11.0. The molecule has 1 aromatic carbocycles. The quantitative estimate of drug-likeness (QED) is 0.736. The van der Waals surface area contributed by atoms with Gasteiger partial charge in [0.25, 0.3) is 0 Å². The molecule has 1 aromatic rings. The lowest BCUT2D eigenvalue weighted by molar-refractivity contribution is -0.119. The standard InChI is InChI=1S/C17H24N2O6S2/c1-12-6-8-18(9-7-12)27(23,24)16-10-14(4-5-15(16)25-3)19-17(20)13(2)11-26(19,21)22/h4-5,10,12-13H,6-9,11H2,1-3H3. The molecule has 1 atom stereocenters. The number of sulfonamides is 2. The zero-order valence-corrected chi connectivity index (χ0v) is 17.2. The van der Waals surface area contributed by atoms with Gasteiger partial charge in [-0.2, -0.15) is 4.31 Å². The van der Waals surface area contributed by atoms with Gasteiger partial charge in [-0.15, -0.1) is 0 Å². The molecule has 3 rings (SSSR count). The van der Waals surface area contributed by atoms with Gasteiger partial charge in [0.05, 0.1) is 24.5 Å². The monoisotopic (exact) mass is 416 g/mol. The van der Waals surface area contributed by atoms with Crippen LogP contribution in [0.3, 0.4) is 0 Å². The minimum atomic E-state index is -3.87. The number of hydrogen-bond acceptors (Lipinski definition) is 6. The Kier molecular flexibility index (Phi) is 5.26. The number of benzene rings is 1. The van der Waals surface area contributed by atoms with Gasteiger partial charge in [-0.05, 0) is 37.0 Å². The van der Waals surface area contributed by atoms with E-state index in [1.54, 1.807) is 0 Å². The van der Waals surface area contributed by atoms with Crippen LogP contribution in [0.2, 0.25) is 0 Å². The molecule has 2 fully saturated rings. The third-order valence-corrected chi connectivity index (χ3v) is 8.89. The molecular formula is C17H24N2O6S2. The average Bonchev–Trinajstić information content (AvgIpc) is 2.82. The summed E-state index contributed by atoms with van der Waals surface area (Å²) in [6, 6.07) is 4.00. The van der Waals surface area contributed by atoms with Crippen molar-refractivity contribution in [1.29, 1.82) is 0 Å². The van der Waals surface area contributed by atoms with Crippen molar-refractivity contribution >= 4 is 31.6 Å². The molecule has 27 heavy (non-hydrogen) atoms. The maximum atomic E-state index is 13.1. The van der Waals surface area contributed by atoms with E-state index in [2.05, 4.69) is 6.92 Å². The van der Waals surface area contributed by atoms with Crippen LogP contribution in [0.5, 0.6) is 5.75 Å². The fourth-order valence-corrected chi connectivity index (χ4v) is 6.90. The van der Waals surface area contributed by atoms with Crippen LogP contribution in [0.4, 0.5) is 5.69 Å². The first-order valence-electron chi connectivity index (χ1n) is 8.83. The van der Waals surface area contributed by atoms with Crippen molar-refractivity contribution in [3.8, 4) is 5.75 Å². The minimum absolute atomic E-state index is 0.0223. The van der Waals surface area contributed by atoms with E-state index in [1.807, 2.05) is 0 Å². The molecule has 0 aromatic heterocycles. The lowest BCUT2D eigenvalue weighted by Crippen LogP contribution is -2.38. The molecule has 1 unspecified atom stereocenters. The van der Waals surface area contributed by atoms with Crippen molar-refractivity contribution < 1.29 is 26.4 Å². The van der Waals surface area contributed by atoms with Gasteiger partial charge in [0.15, 0.2) is 0 Å². The molecule has 1 amide bonds. The van der Waals surface area contributed by atoms with Gasteiger partial charge in [-0.3, -0.25) is 4.79 Å². The van der Waals surface area contributed by atoms with Crippen LogP contribution in [-0.2, 0) is 24.8 Å². The van der Waals surface area contributed by atoms with Crippen molar-refractivity contribution in [1.82, 2.24) is 4.31 Å². The van der Waals surface area contributed by atoms with Crippen molar-refractivity contribution in [2.75, 3.05) is 30.3 Å². The van der Waals surface area contributed by atoms with E-state index in [1.165, 1.54) is 36.5 Å². The topological polar surface area (TPSA) is 101 Å². The summed E-state index contributed by atoms with van der Waals surface area (Å²) in [6.45, 7) is 4.41. The van der Waals surface area contributed by atoms with Crippen LogP contribution >= 0.6 is 0 Å². The summed E-state index contributed by atoms with van der Waals surface area (Å²) in [7, 11) is -6.34. The molecule has 0 radical (unpaired) electrons. The van der Waals surface area contributed by atoms with Crippen molar-refractivity contribution in [3.05, 3.63) is 18.2 Å². The number of carbonyl (C=O) groups is 1. The van der Waals surface area contributed by atoms with Gasteiger partial charge >= 0.3 is 0 Å². The van der Waals surface area contributed by atoms with E-state index < -0.39 is 31.9 Å². The molecule has 150 valence electrons. The Hall–Kier alpha value is -1.65. The highest BCUT2D eigenvalue weighted by Crippen LogP contribution is 2.36. The van der Waals surface area contributed by atoms with E-state index in [0.717, 1.165) is 12.8 Å². The predicted molar refractivity (Wildman–Crippen MR) is 101 cm³/mol. The number of rotatable bonds is 4. The second kappa shape index (κ2) is 7.06. The highest BCUT2D eigenvalue weighted by Gasteiger charge is 2.42. The first kappa shape index (κ1) is 20.1. The summed E-state index contributed by atoms with van der Waals surface area (Å²) >= 11 is 0. The largest absolute Gasteiger partial charge is 0.495 e. The molecule has 2 aliphatic heterocycles. The molecule has 10 heteroatoms. The average molecular weight is 417 g/mol. The summed E-state index contributed by atoms with van der Waals surface area (Å²) < 4.78 is 58.3. The molecule has 2 saturated heterocycles. The number of methoxy groups -OCH3 is 1. The molecule has 0 spiro atoms. The number of carbonyl (C=O) groups excluding carboxylic acids is 1. The molecule has 0 N–H and O–H groups in total. The molecule has 2 heterocycles. The molecule has 0 saturated carbocycles. The van der Waals surface area contributed by atoms with E-state index >= 15 is 0 Å². The van der Waals surface area contributed by atoms with Crippen LogP contribution in [0.25, 0.3) is 0 Å². The minimum Gasteiger partial charge on any atom is -0.495 e. The Labute approximate surface area is 160 Å². The van der Waals surface area contributed by atoms with Gasteiger partial charge in [0.1, 0.15) is 10.6 Å². The number of amides is 1. The normalized spacial score (nSPS) is 24.3. The molecule has 2 aliphatic rings. The molecule has 0 aliphatic carbocycles. The van der Waals surface area contributed by atoms with Crippen LogP contribution in [0.1, 0.15) is 26.7 Å². The zero-order valence-electron chi connectivity index (χ0n) is 15.6. The number of hydrogen-bond donors (Lipinski definition) is 0. The van der Waals surface area contributed by atoms with Crippen molar-refractivity contribution in [2.45, 2.75) is 31.6 Å². The van der Waals surface area contributed by atoms with E-state index in [4.69, 9.17) is 4.74 Å². The van der Waals surface area contributed by atoms with Crippen LogP contribution < -0.4 is 9.04 Å². The van der Waals surface area contributed by atoms with Crippen LogP contribution in [-0.4, -0.2) is 53.0 Å². The maximum Gasteiger partial charge on any atom is 0.246 e. The lowest BCUT2D eigenvalue weighted by atomic mass is 10.0. The maximum absolute atomic E-state index is 13.1. The number of anilines is 1. The smallest absolute Gasteiger partial charge is 0.246 e. The summed E-state index contributed by atoms with van der Waals surface area (Å²) in [6.07, 6.45) is 1.52. The first-order chi connectivity index (χ1) is 12.6. The summed E-state index contributed by atoms with van der Waals surface area (Å²) in [5.74, 6) is -0.937. The Morgan fingerprint density at radius 3 is 2.30 bits per heavy atom. The SMILES string of the molecule is COc1ccc(N2C(=O)C(C)CS2(=O)=O)cc1S(=O)(=O)N1CCC(C)CC1. The van der Waals surface area contributed by atoms with Gasteiger partial charge in [-0.25, -0.2) is 21.1 Å². The second-order valence-electron chi connectivity index (χ2n) is 7.20. The number of piperidine rings is 1. The lowest BCUT2D eigenvalue weighted by Gasteiger charge is -2.30. The summed E-state index contributed by atoms with van der Waals surface area (Å²) in [5, 5.41) is 0. The number of nitrogens with zero attached hydrogens (tertiary/aromatic N) is 2. The Bertz CT molecular complexity index is 950. The molecule has 8 nitrogen and oxygen atoms in total. The molecule has 0 bridgehead atoms. The fraction of sp³-hybridized carbons (Fsp3) is 0.588. The third kappa shape index (κ3) is 3.57. The van der Waals surface area contributed by atoms with E-state index in [-0.39, 0.29) is 22.1 Å². The first-order valence-corrected chi connectivity index (χ1v) is 11.9. The Morgan fingerprint density at radius 2 is 1.78 bits per heavy atom. The third-order valence-electron chi connectivity index (χ3n) is 5.10. The van der Waals surface area contributed by atoms with Crippen LogP contribution in [0.15, 0.2) is 23.1 Å². The van der Waals surface area contributed by atoms with Gasteiger partial charge in [-0.1, -0.05) is 13.8 Å². The van der Waals surface area contributed by atoms with Crippen LogP contribution in [0, 0.1) is 11.8 Å². The predicted octanol–water partition coefficient (Wildman–Crippen LogP) is 1.43. The zero-order chi connectivity index (χ0) is 20.0. The van der Waals surface area contributed by atoms with Crippen molar-refractivity contribution in [2.24, 2.45) is 11.8 Å². The summed E-state index contributed by atoms with van der Waals surface area (Å²) in [4.78, 5) is 12.2. The van der Waals surface area contributed by atoms with Gasteiger partial charge in [0.2, 0.25) is 26.0 Å². The Morgan fingerprint density at radius 1 is 1.15 bits per heavy atom. The highest BCUT2D eigenvalue weighted by molar-refractivity contribution is 7.94. The van der Waals surface area contributed by atoms with E-state index in [9.17, 15) is 21.6 Å². The fourth-order valence-electron chi connectivity index (χ4n) is 3.44. The Balaban J connectivity index is 2.06. The van der Waals surface area contributed by atoms with E-state index in [0.29, 0.717) is 23.3 Å². The number of ether oxygens (including phenoxy) is 1. The molecular weight excluding hydrogens is 392 g/mol. The van der Waals surface area contributed by atoms with Crippen molar-refractivity contribution in [3.63, 3.8) is 0 Å².